The third-order valence-electron chi connectivity index (χ3n) is 3.87. The van der Waals surface area contributed by atoms with E-state index in [2.05, 4.69) is 11.1 Å². The van der Waals surface area contributed by atoms with E-state index in [0.717, 1.165) is 20.9 Å². The number of amides is 1. The number of para-hydroxylation sites is 1. The Morgan fingerprint density at radius 3 is 3.04 bits per heavy atom. The summed E-state index contributed by atoms with van der Waals surface area (Å²) in [6.45, 7) is 3.03. The smallest absolute Gasteiger partial charge is 0.224 e. The highest BCUT2D eigenvalue weighted by Crippen LogP contribution is 2.35. The Kier molecular flexibility index (Phi) is 3.82. The average molecular weight is 340 g/mol. The van der Waals surface area contributed by atoms with Gasteiger partial charge in [0, 0.05) is 13.0 Å². The second kappa shape index (κ2) is 6.13. The molecule has 1 amide bonds. The number of benzene rings is 2. The molecule has 1 aliphatic rings. The van der Waals surface area contributed by atoms with Crippen LogP contribution in [0.25, 0.3) is 10.2 Å². The van der Waals surface area contributed by atoms with E-state index in [1.165, 1.54) is 0 Å². The van der Waals surface area contributed by atoms with Gasteiger partial charge in [-0.3, -0.25) is 4.79 Å². The molecule has 5 nitrogen and oxygen atoms in total. The molecule has 0 saturated heterocycles. The van der Waals surface area contributed by atoms with E-state index in [1.54, 1.807) is 23.2 Å². The normalized spacial score (nSPS) is 13.5. The van der Waals surface area contributed by atoms with Crippen LogP contribution in [0.5, 0.6) is 11.5 Å². The third-order valence-corrected chi connectivity index (χ3v) is 4.88. The van der Waals surface area contributed by atoms with Crippen LogP contribution < -0.4 is 14.4 Å². The molecule has 0 unspecified atom stereocenters. The SMILES string of the molecule is CC(=O)N1CCOc2ccc(OCc3nc4ccccc4s3)cc21. The zero-order valence-electron chi connectivity index (χ0n) is 13.2. The molecule has 0 saturated carbocycles. The lowest BCUT2D eigenvalue weighted by atomic mass is 10.2. The lowest BCUT2D eigenvalue weighted by Crippen LogP contribution is -2.36. The molecule has 0 atom stereocenters. The zero-order valence-corrected chi connectivity index (χ0v) is 14.0. The summed E-state index contributed by atoms with van der Waals surface area (Å²) in [5.74, 6) is 1.41. The lowest BCUT2D eigenvalue weighted by Gasteiger charge is -2.28. The van der Waals surface area contributed by atoms with Gasteiger partial charge >= 0.3 is 0 Å². The maximum absolute atomic E-state index is 11.8. The molecule has 1 aliphatic heterocycles. The molecule has 0 N–H and O–H groups in total. The van der Waals surface area contributed by atoms with Crippen molar-refractivity contribution in [2.75, 3.05) is 18.1 Å². The number of thiazole rings is 1. The fourth-order valence-electron chi connectivity index (χ4n) is 2.74. The van der Waals surface area contributed by atoms with Gasteiger partial charge in [-0.2, -0.15) is 0 Å². The van der Waals surface area contributed by atoms with Crippen molar-refractivity contribution in [2.24, 2.45) is 0 Å². The van der Waals surface area contributed by atoms with Gasteiger partial charge in [0.05, 0.1) is 22.4 Å². The van der Waals surface area contributed by atoms with E-state index in [0.29, 0.717) is 31.3 Å². The predicted molar refractivity (Wildman–Crippen MR) is 93.9 cm³/mol. The number of hydrogen-bond donors (Lipinski definition) is 0. The topological polar surface area (TPSA) is 51.7 Å². The molecule has 2 aromatic carbocycles. The van der Waals surface area contributed by atoms with E-state index in [9.17, 15) is 4.79 Å². The highest BCUT2D eigenvalue weighted by Gasteiger charge is 2.21. The minimum atomic E-state index is 0.00266. The highest BCUT2D eigenvalue weighted by molar-refractivity contribution is 7.18. The number of fused-ring (bicyclic) bond motifs is 2. The van der Waals surface area contributed by atoms with Gasteiger partial charge in [0.2, 0.25) is 5.91 Å². The molecule has 0 fully saturated rings. The molecule has 0 aliphatic carbocycles. The number of carbonyl (C=O) groups excluding carboxylic acids is 1. The van der Waals surface area contributed by atoms with Crippen LogP contribution in [-0.2, 0) is 11.4 Å². The van der Waals surface area contributed by atoms with Gasteiger partial charge in [-0.1, -0.05) is 12.1 Å². The Labute approximate surface area is 143 Å². The van der Waals surface area contributed by atoms with E-state index in [-0.39, 0.29) is 5.91 Å². The standard InChI is InChI=1S/C18H16N2O3S/c1-12(21)20-8-9-22-16-7-6-13(10-15(16)20)23-11-18-19-14-4-2-3-5-17(14)24-18/h2-7,10H,8-9,11H2,1H3. The molecule has 4 rings (SSSR count). The number of anilines is 1. The van der Waals surface area contributed by atoms with Crippen LogP contribution in [0.3, 0.4) is 0 Å². The number of nitrogens with zero attached hydrogens (tertiary/aromatic N) is 2. The maximum Gasteiger partial charge on any atom is 0.224 e. The van der Waals surface area contributed by atoms with Crippen molar-refractivity contribution in [1.82, 2.24) is 4.98 Å². The van der Waals surface area contributed by atoms with Crippen LogP contribution in [0.2, 0.25) is 0 Å². The van der Waals surface area contributed by atoms with Crippen molar-refractivity contribution in [3.05, 3.63) is 47.5 Å². The van der Waals surface area contributed by atoms with Crippen molar-refractivity contribution in [2.45, 2.75) is 13.5 Å². The number of ether oxygens (including phenoxy) is 2. The second-order valence-electron chi connectivity index (χ2n) is 5.51. The molecule has 2 heterocycles. The predicted octanol–water partition coefficient (Wildman–Crippen LogP) is 3.62. The Hall–Kier alpha value is -2.60. The van der Waals surface area contributed by atoms with E-state index in [1.807, 2.05) is 36.4 Å². The monoisotopic (exact) mass is 340 g/mol. The molecular formula is C18H16N2O3S. The largest absolute Gasteiger partial charge is 0.490 e. The summed E-state index contributed by atoms with van der Waals surface area (Å²) in [6.07, 6.45) is 0. The molecule has 0 bridgehead atoms. The summed E-state index contributed by atoms with van der Waals surface area (Å²) in [6, 6.07) is 13.6. The molecule has 0 radical (unpaired) electrons. The van der Waals surface area contributed by atoms with Crippen LogP contribution in [0.1, 0.15) is 11.9 Å². The molecule has 24 heavy (non-hydrogen) atoms. The first-order valence-corrected chi connectivity index (χ1v) is 8.54. The molecule has 122 valence electrons. The number of hydrogen-bond acceptors (Lipinski definition) is 5. The Morgan fingerprint density at radius 2 is 2.21 bits per heavy atom. The summed E-state index contributed by atoms with van der Waals surface area (Å²) < 4.78 is 12.6. The van der Waals surface area contributed by atoms with Crippen LogP contribution in [0, 0.1) is 0 Å². The van der Waals surface area contributed by atoms with Gasteiger partial charge in [-0.05, 0) is 24.3 Å². The van der Waals surface area contributed by atoms with Crippen LogP contribution in [0.4, 0.5) is 5.69 Å². The third kappa shape index (κ3) is 2.80. The molecular weight excluding hydrogens is 324 g/mol. The van der Waals surface area contributed by atoms with Gasteiger partial charge in [0.25, 0.3) is 0 Å². The molecule has 3 aromatic rings. The first-order chi connectivity index (χ1) is 11.7. The summed E-state index contributed by atoms with van der Waals surface area (Å²) >= 11 is 1.63. The van der Waals surface area contributed by atoms with Crippen molar-refractivity contribution in [3.63, 3.8) is 0 Å². The number of rotatable bonds is 3. The summed E-state index contributed by atoms with van der Waals surface area (Å²) in [7, 11) is 0. The number of aromatic nitrogens is 1. The van der Waals surface area contributed by atoms with Gasteiger partial charge in [-0.25, -0.2) is 4.98 Å². The minimum Gasteiger partial charge on any atom is -0.490 e. The van der Waals surface area contributed by atoms with Crippen LogP contribution in [0.15, 0.2) is 42.5 Å². The van der Waals surface area contributed by atoms with E-state index < -0.39 is 0 Å². The fourth-order valence-corrected chi connectivity index (χ4v) is 3.62. The zero-order chi connectivity index (χ0) is 16.5. The van der Waals surface area contributed by atoms with Crippen LogP contribution >= 0.6 is 11.3 Å². The van der Waals surface area contributed by atoms with Gasteiger partial charge in [-0.15, -0.1) is 11.3 Å². The Bertz CT molecular complexity index is 873. The maximum atomic E-state index is 11.8. The van der Waals surface area contributed by atoms with E-state index in [4.69, 9.17) is 9.47 Å². The molecule has 1 aromatic heterocycles. The summed E-state index contributed by atoms with van der Waals surface area (Å²) in [5.41, 5.74) is 1.75. The van der Waals surface area contributed by atoms with Crippen molar-refractivity contribution >= 4 is 33.1 Å². The second-order valence-corrected chi connectivity index (χ2v) is 6.63. The summed E-state index contributed by atoms with van der Waals surface area (Å²) in [4.78, 5) is 18.0. The van der Waals surface area contributed by atoms with Crippen molar-refractivity contribution in [3.8, 4) is 11.5 Å². The fraction of sp³-hybridized carbons (Fsp3) is 0.222. The first-order valence-electron chi connectivity index (χ1n) is 7.73. The van der Waals surface area contributed by atoms with Crippen molar-refractivity contribution in [1.29, 1.82) is 0 Å². The highest BCUT2D eigenvalue weighted by atomic mass is 32.1. The first kappa shape index (κ1) is 15.0. The van der Waals surface area contributed by atoms with Gasteiger partial charge in [0.15, 0.2) is 0 Å². The molecule has 0 spiro atoms. The quantitative estimate of drug-likeness (QED) is 0.731. The van der Waals surface area contributed by atoms with Crippen LogP contribution in [-0.4, -0.2) is 24.0 Å². The molecule has 6 heteroatoms. The van der Waals surface area contributed by atoms with Gasteiger partial charge in [0.1, 0.15) is 29.7 Å². The van der Waals surface area contributed by atoms with Crippen molar-refractivity contribution < 1.29 is 14.3 Å². The van der Waals surface area contributed by atoms with Gasteiger partial charge < -0.3 is 14.4 Å². The Morgan fingerprint density at radius 1 is 1.33 bits per heavy atom. The number of carbonyl (C=O) groups is 1. The lowest BCUT2D eigenvalue weighted by molar-refractivity contribution is -0.116. The summed E-state index contributed by atoms with van der Waals surface area (Å²) in [5, 5.41) is 0.925. The van der Waals surface area contributed by atoms with E-state index >= 15 is 0 Å². The average Bonchev–Trinajstić information content (AvgIpc) is 3.02. The Balaban J connectivity index is 1.54. The minimum absolute atomic E-state index is 0.00266.